The zero-order chi connectivity index (χ0) is 46.1. The standard InChI is InChI=1S/C51H54O14P2Si/c1-68(2,47-27-15-13-25-45(47)65-67(62-42-22-10-7-18-38(42)50-56-32-33-57-50)63-43-23-11-8-19-39(43)51-58-34-35-59-51)46-26-14-12-24-44(46)64-66(61-41-21-9-6-17-37(41)49-54-30-31-55-49)60-40-20-5-3-4-16-36(40)48-52-28-29-53-48/h3-4,6-15,17-27,36,48-51H,5,16,28-35H2,1-2H3. The molecule has 10 rings (SSSR count). The maximum absolute atomic E-state index is 7.03. The first-order valence-electron chi connectivity index (χ1n) is 22.9. The molecular formula is C51H54O14P2Si. The molecule has 0 bridgehead atoms. The predicted octanol–water partition coefficient (Wildman–Crippen LogP) is 10.3. The molecule has 4 saturated heterocycles. The van der Waals surface area contributed by atoms with Crippen molar-refractivity contribution in [3.63, 3.8) is 0 Å². The molecule has 356 valence electrons. The molecule has 1 aliphatic carbocycles. The summed E-state index contributed by atoms with van der Waals surface area (Å²) in [6.45, 7) is 8.43. The lowest BCUT2D eigenvalue weighted by Gasteiger charge is -2.30. The van der Waals surface area contributed by atoms with Crippen LogP contribution in [0.1, 0.15) is 48.4 Å². The molecule has 2 atom stereocenters. The van der Waals surface area contributed by atoms with Gasteiger partial charge in [0.25, 0.3) is 0 Å². The second-order valence-corrected chi connectivity index (χ2v) is 23.0. The Balaban J connectivity index is 0.980. The molecule has 4 aliphatic heterocycles. The molecule has 5 aromatic rings. The molecule has 2 unspecified atom stereocenters. The van der Waals surface area contributed by atoms with Crippen molar-refractivity contribution in [2.75, 3.05) is 52.9 Å². The van der Waals surface area contributed by atoms with E-state index in [1.807, 2.05) is 109 Å². The second-order valence-electron chi connectivity index (χ2n) is 16.7. The van der Waals surface area contributed by atoms with Crippen LogP contribution in [-0.2, 0) is 42.4 Å². The molecule has 0 amide bonds. The number of ether oxygens (including phenoxy) is 8. The van der Waals surface area contributed by atoms with E-state index in [-0.39, 0.29) is 5.92 Å². The Morgan fingerprint density at radius 1 is 0.412 bits per heavy atom. The van der Waals surface area contributed by atoms with Crippen LogP contribution in [0.5, 0.6) is 28.7 Å². The number of allylic oxidation sites excluding steroid dienone is 3. The van der Waals surface area contributed by atoms with Crippen LogP contribution in [0.3, 0.4) is 0 Å². The fraction of sp³-hybridized carbons (Fsp3) is 0.333. The van der Waals surface area contributed by atoms with Gasteiger partial charge in [0, 0.05) is 0 Å². The van der Waals surface area contributed by atoms with Crippen molar-refractivity contribution < 1.29 is 65.0 Å². The Hall–Kier alpha value is -4.86. The molecule has 68 heavy (non-hydrogen) atoms. The van der Waals surface area contributed by atoms with Crippen molar-refractivity contribution in [1.82, 2.24) is 0 Å². The van der Waals surface area contributed by atoms with Crippen LogP contribution < -0.4 is 33.0 Å². The highest BCUT2D eigenvalue weighted by molar-refractivity contribution is 7.43. The average molecular weight is 981 g/mol. The lowest BCUT2D eigenvalue weighted by Crippen LogP contribution is -2.53. The summed E-state index contributed by atoms with van der Waals surface area (Å²) in [7, 11) is -7.11. The van der Waals surface area contributed by atoms with Gasteiger partial charge >= 0.3 is 17.2 Å². The van der Waals surface area contributed by atoms with E-state index in [1.54, 1.807) is 0 Å². The summed E-state index contributed by atoms with van der Waals surface area (Å²) in [6.07, 6.45) is 5.43. The Bertz CT molecular complexity index is 2460. The lowest BCUT2D eigenvalue weighted by molar-refractivity contribution is -0.0796. The van der Waals surface area contributed by atoms with Gasteiger partial charge in [-0.25, -0.2) is 0 Å². The summed E-state index contributed by atoms with van der Waals surface area (Å²) in [5.74, 6) is 3.24. The minimum Gasteiger partial charge on any atom is -0.413 e. The van der Waals surface area contributed by atoms with Gasteiger partial charge in [-0.05, 0) is 59.6 Å². The summed E-state index contributed by atoms with van der Waals surface area (Å²) in [6, 6.07) is 38.9. The van der Waals surface area contributed by atoms with E-state index in [4.69, 9.17) is 65.0 Å². The molecule has 17 heteroatoms. The molecule has 4 fully saturated rings. The van der Waals surface area contributed by atoms with E-state index < -0.39 is 50.4 Å². The predicted molar refractivity (Wildman–Crippen MR) is 257 cm³/mol. The average Bonchev–Trinajstić information content (AvgIpc) is 4.23. The highest BCUT2D eigenvalue weighted by Crippen LogP contribution is 2.50. The van der Waals surface area contributed by atoms with Gasteiger partial charge in [-0.1, -0.05) is 116 Å². The molecular weight excluding hydrogens is 927 g/mol. The summed E-state index contributed by atoms with van der Waals surface area (Å²) in [4.78, 5) is 0. The highest BCUT2D eigenvalue weighted by atomic mass is 31.2. The van der Waals surface area contributed by atoms with Crippen LogP contribution in [0, 0.1) is 5.92 Å². The summed E-state index contributed by atoms with van der Waals surface area (Å²) in [5.41, 5.74) is 2.20. The van der Waals surface area contributed by atoms with Crippen molar-refractivity contribution in [2.45, 2.75) is 51.1 Å². The van der Waals surface area contributed by atoms with Gasteiger partial charge < -0.3 is 65.0 Å². The van der Waals surface area contributed by atoms with E-state index in [1.165, 1.54) is 0 Å². The Labute approximate surface area is 399 Å². The third-order valence-corrected chi connectivity index (χ3v) is 17.5. The molecule has 4 heterocycles. The van der Waals surface area contributed by atoms with E-state index in [9.17, 15) is 0 Å². The topological polar surface area (TPSA) is 129 Å². The smallest absolute Gasteiger partial charge is 0.413 e. The first-order valence-corrected chi connectivity index (χ1v) is 28.1. The Morgan fingerprint density at radius 2 is 0.765 bits per heavy atom. The van der Waals surface area contributed by atoms with Gasteiger partial charge in [-0.15, -0.1) is 0 Å². The molecule has 0 spiro atoms. The van der Waals surface area contributed by atoms with Gasteiger partial charge in [0.2, 0.25) is 0 Å². The van der Waals surface area contributed by atoms with Crippen LogP contribution in [0.2, 0.25) is 13.1 Å². The van der Waals surface area contributed by atoms with Crippen molar-refractivity contribution in [3.8, 4) is 28.7 Å². The van der Waals surface area contributed by atoms with Crippen LogP contribution >= 0.6 is 17.2 Å². The first kappa shape index (κ1) is 46.8. The molecule has 14 nitrogen and oxygen atoms in total. The lowest BCUT2D eigenvalue weighted by atomic mass is 10.0. The molecule has 0 N–H and O–H groups in total. The van der Waals surface area contributed by atoms with Crippen molar-refractivity contribution >= 4 is 35.7 Å². The quantitative estimate of drug-likeness (QED) is 0.0469. The fourth-order valence-corrected chi connectivity index (χ4v) is 13.7. The van der Waals surface area contributed by atoms with Crippen LogP contribution in [0.4, 0.5) is 0 Å². The van der Waals surface area contributed by atoms with E-state index in [0.717, 1.165) is 27.1 Å². The summed E-state index contributed by atoms with van der Waals surface area (Å²) >= 11 is 0. The number of hydrogen-bond donors (Lipinski definition) is 0. The first-order chi connectivity index (χ1) is 33.5. The zero-order valence-electron chi connectivity index (χ0n) is 37.8. The van der Waals surface area contributed by atoms with Crippen molar-refractivity contribution in [3.05, 3.63) is 162 Å². The zero-order valence-corrected chi connectivity index (χ0v) is 40.6. The van der Waals surface area contributed by atoms with Gasteiger partial charge in [-0.2, -0.15) is 0 Å². The number of hydrogen-bond acceptors (Lipinski definition) is 14. The van der Waals surface area contributed by atoms with E-state index in [0.29, 0.717) is 100 Å². The van der Waals surface area contributed by atoms with Gasteiger partial charge in [0.15, 0.2) is 25.2 Å². The van der Waals surface area contributed by atoms with E-state index >= 15 is 0 Å². The molecule has 0 saturated carbocycles. The van der Waals surface area contributed by atoms with Crippen LogP contribution in [0.25, 0.3) is 0 Å². The number of benzene rings is 5. The molecule has 5 aliphatic rings. The van der Waals surface area contributed by atoms with Crippen molar-refractivity contribution in [2.24, 2.45) is 5.92 Å². The number of rotatable bonds is 18. The number of para-hydroxylation sites is 5. The minimum atomic E-state index is -2.78. The SMILES string of the molecule is C[Si](C)(c1ccccc1OP(OC1=CCC=CCC1C1OCCO1)Oc1ccccc1C1OCCO1)c1ccccc1OP(Oc1ccccc1C1OCCO1)Oc1ccccc1C1OCCO1. The second kappa shape index (κ2) is 22.3. The van der Waals surface area contributed by atoms with E-state index in [2.05, 4.69) is 43.5 Å². The minimum absolute atomic E-state index is 0.204. The Kier molecular flexibility index (Phi) is 15.3. The third kappa shape index (κ3) is 10.9. The highest BCUT2D eigenvalue weighted by Gasteiger charge is 2.39. The largest absolute Gasteiger partial charge is 0.530 e. The third-order valence-electron chi connectivity index (χ3n) is 11.9. The normalized spacial score (nSPS) is 20.0. The van der Waals surface area contributed by atoms with Gasteiger partial charge in [0.1, 0.15) is 42.6 Å². The maximum Gasteiger partial charge on any atom is 0.530 e. The summed E-state index contributed by atoms with van der Waals surface area (Å²) < 4.78 is 88.8. The van der Waals surface area contributed by atoms with Crippen LogP contribution in [0.15, 0.2) is 145 Å². The molecule has 0 radical (unpaired) electrons. The molecule has 0 aromatic heterocycles. The van der Waals surface area contributed by atoms with Gasteiger partial charge in [0.05, 0.1) is 75.5 Å². The van der Waals surface area contributed by atoms with Gasteiger partial charge in [-0.3, -0.25) is 0 Å². The summed E-state index contributed by atoms with van der Waals surface area (Å²) in [5, 5.41) is 1.96. The van der Waals surface area contributed by atoms with Crippen LogP contribution in [-0.4, -0.2) is 67.2 Å². The Morgan fingerprint density at radius 3 is 1.21 bits per heavy atom. The monoisotopic (exact) mass is 980 g/mol. The maximum atomic E-state index is 7.03. The van der Waals surface area contributed by atoms with Crippen molar-refractivity contribution in [1.29, 1.82) is 0 Å². The fourth-order valence-electron chi connectivity index (χ4n) is 8.51. The molecule has 5 aromatic carbocycles.